The topological polar surface area (TPSA) is 50.5 Å². The van der Waals surface area contributed by atoms with Crippen LogP contribution in [0.15, 0.2) is 0 Å². The van der Waals surface area contributed by atoms with E-state index < -0.39 is 0 Å². The van der Waals surface area contributed by atoms with E-state index in [2.05, 4.69) is 10.2 Å². The molecule has 0 aromatic heterocycles. The Labute approximate surface area is 92.1 Å². The minimum absolute atomic E-state index is 0.557. The van der Waals surface area contributed by atoms with Crippen LogP contribution in [-0.2, 0) is 4.74 Å². The van der Waals surface area contributed by atoms with E-state index in [1.807, 2.05) is 0 Å². The lowest BCUT2D eigenvalue weighted by molar-refractivity contribution is 0.00203. The van der Waals surface area contributed by atoms with Gasteiger partial charge in [0.15, 0.2) is 0 Å². The van der Waals surface area contributed by atoms with Gasteiger partial charge in [0.25, 0.3) is 0 Å². The van der Waals surface area contributed by atoms with Crippen molar-refractivity contribution in [3.63, 3.8) is 0 Å². The normalized spacial score (nSPS) is 31.4. The summed E-state index contributed by atoms with van der Waals surface area (Å²) in [7, 11) is 0. The molecule has 2 heterocycles. The van der Waals surface area contributed by atoms with Crippen molar-refractivity contribution < 1.29 is 4.74 Å². The number of ether oxygens (including phenoxy) is 1. The van der Waals surface area contributed by atoms with E-state index in [9.17, 15) is 0 Å². The third-order valence-corrected chi connectivity index (χ3v) is 3.64. The Bertz CT molecular complexity index is 159. The van der Waals surface area contributed by atoms with Crippen molar-refractivity contribution in [1.29, 1.82) is 0 Å². The van der Waals surface area contributed by atoms with Gasteiger partial charge in [0.05, 0.1) is 13.2 Å². The van der Waals surface area contributed by atoms with Gasteiger partial charge < -0.3 is 15.8 Å². The standard InChI is InChI=1S/C11H23N3O/c12-8-11(10-2-1-3-13-9-10)14-4-6-15-7-5-14/h10-11,13H,1-9,12H2. The molecule has 2 unspecified atom stereocenters. The molecule has 0 bridgehead atoms. The zero-order valence-electron chi connectivity index (χ0n) is 9.45. The fourth-order valence-electron chi connectivity index (χ4n) is 2.76. The quantitative estimate of drug-likeness (QED) is 0.672. The molecule has 2 fully saturated rings. The molecule has 2 saturated heterocycles. The van der Waals surface area contributed by atoms with E-state index in [0.717, 1.165) is 45.3 Å². The molecule has 4 nitrogen and oxygen atoms in total. The molecule has 4 heteroatoms. The van der Waals surface area contributed by atoms with Crippen molar-refractivity contribution in [2.24, 2.45) is 11.7 Å². The van der Waals surface area contributed by atoms with Crippen LogP contribution in [0.25, 0.3) is 0 Å². The lowest BCUT2D eigenvalue weighted by Gasteiger charge is -2.40. The molecule has 0 aliphatic carbocycles. The van der Waals surface area contributed by atoms with Gasteiger partial charge in [0.2, 0.25) is 0 Å². The molecular formula is C11H23N3O. The summed E-state index contributed by atoms with van der Waals surface area (Å²) in [5.41, 5.74) is 5.92. The van der Waals surface area contributed by atoms with Crippen molar-refractivity contribution in [3.8, 4) is 0 Å². The van der Waals surface area contributed by atoms with Crippen LogP contribution in [-0.4, -0.2) is 56.9 Å². The van der Waals surface area contributed by atoms with Gasteiger partial charge in [-0.25, -0.2) is 0 Å². The Morgan fingerprint density at radius 2 is 2.20 bits per heavy atom. The van der Waals surface area contributed by atoms with E-state index in [1.54, 1.807) is 0 Å². The Kier molecular flexibility index (Phi) is 4.38. The molecule has 2 atom stereocenters. The average molecular weight is 213 g/mol. The van der Waals surface area contributed by atoms with Crippen molar-refractivity contribution in [3.05, 3.63) is 0 Å². The number of rotatable bonds is 3. The van der Waals surface area contributed by atoms with Gasteiger partial charge in [-0.05, 0) is 31.8 Å². The number of hydrogen-bond acceptors (Lipinski definition) is 4. The number of nitrogens with one attached hydrogen (secondary N) is 1. The summed E-state index contributed by atoms with van der Waals surface area (Å²) in [6.45, 7) is 6.95. The lowest BCUT2D eigenvalue weighted by atomic mass is 9.90. The fourth-order valence-corrected chi connectivity index (χ4v) is 2.76. The van der Waals surface area contributed by atoms with Gasteiger partial charge in [0.1, 0.15) is 0 Å². The highest BCUT2D eigenvalue weighted by atomic mass is 16.5. The van der Waals surface area contributed by atoms with E-state index in [-0.39, 0.29) is 0 Å². The third-order valence-electron chi connectivity index (χ3n) is 3.64. The van der Waals surface area contributed by atoms with Crippen LogP contribution >= 0.6 is 0 Å². The maximum atomic E-state index is 5.92. The van der Waals surface area contributed by atoms with E-state index >= 15 is 0 Å². The molecule has 0 saturated carbocycles. The first-order valence-electron chi connectivity index (χ1n) is 6.14. The van der Waals surface area contributed by atoms with Crippen molar-refractivity contribution in [2.45, 2.75) is 18.9 Å². The molecule has 3 N–H and O–H groups in total. The summed E-state index contributed by atoms with van der Waals surface area (Å²) < 4.78 is 5.38. The monoisotopic (exact) mass is 213 g/mol. The number of morpholine rings is 1. The molecule has 88 valence electrons. The first-order valence-corrected chi connectivity index (χ1v) is 6.14. The molecule has 0 radical (unpaired) electrons. The molecule has 0 amide bonds. The van der Waals surface area contributed by atoms with Crippen molar-refractivity contribution in [2.75, 3.05) is 45.9 Å². The second-order valence-corrected chi connectivity index (χ2v) is 4.56. The Hall–Kier alpha value is -0.160. The van der Waals surface area contributed by atoms with Gasteiger partial charge in [-0.2, -0.15) is 0 Å². The Morgan fingerprint density at radius 1 is 1.40 bits per heavy atom. The van der Waals surface area contributed by atoms with Crippen LogP contribution in [0.5, 0.6) is 0 Å². The summed E-state index contributed by atoms with van der Waals surface area (Å²) in [5.74, 6) is 0.738. The highest BCUT2D eigenvalue weighted by Crippen LogP contribution is 2.19. The first-order chi connectivity index (χ1) is 7.42. The molecule has 0 aromatic rings. The second-order valence-electron chi connectivity index (χ2n) is 4.56. The first kappa shape index (κ1) is 11.3. The summed E-state index contributed by atoms with van der Waals surface area (Å²) in [4.78, 5) is 2.52. The van der Waals surface area contributed by atoms with Gasteiger partial charge in [0, 0.05) is 25.7 Å². The minimum Gasteiger partial charge on any atom is -0.379 e. The number of piperidine rings is 1. The Morgan fingerprint density at radius 3 is 2.80 bits per heavy atom. The maximum Gasteiger partial charge on any atom is 0.0594 e. The van der Waals surface area contributed by atoms with E-state index in [4.69, 9.17) is 10.5 Å². The molecule has 2 rings (SSSR count). The Balaban J connectivity index is 1.88. The van der Waals surface area contributed by atoms with E-state index in [1.165, 1.54) is 19.4 Å². The molecule has 0 aromatic carbocycles. The van der Waals surface area contributed by atoms with Crippen LogP contribution in [0.3, 0.4) is 0 Å². The van der Waals surface area contributed by atoms with Crippen LogP contribution in [0, 0.1) is 5.92 Å². The lowest BCUT2D eigenvalue weighted by Crippen LogP contribution is -2.53. The van der Waals surface area contributed by atoms with E-state index in [0.29, 0.717) is 6.04 Å². The SMILES string of the molecule is NCC(C1CCCNC1)N1CCOCC1. The minimum atomic E-state index is 0.557. The molecule has 2 aliphatic rings. The van der Waals surface area contributed by atoms with Crippen LogP contribution in [0.1, 0.15) is 12.8 Å². The number of nitrogens with two attached hydrogens (primary N) is 1. The zero-order chi connectivity index (χ0) is 10.5. The van der Waals surface area contributed by atoms with Gasteiger partial charge in [-0.15, -0.1) is 0 Å². The highest BCUT2D eigenvalue weighted by Gasteiger charge is 2.28. The highest BCUT2D eigenvalue weighted by molar-refractivity contribution is 4.85. The summed E-state index contributed by atoms with van der Waals surface area (Å²) in [6, 6.07) is 0.557. The number of nitrogens with zero attached hydrogens (tertiary/aromatic N) is 1. The predicted molar refractivity (Wildman–Crippen MR) is 60.8 cm³/mol. The third kappa shape index (κ3) is 2.91. The number of hydrogen-bond donors (Lipinski definition) is 2. The molecule has 0 spiro atoms. The molecular weight excluding hydrogens is 190 g/mol. The van der Waals surface area contributed by atoms with Gasteiger partial charge in [-0.1, -0.05) is 0 Å². The second kappa shape index (κ2) is 5.80. The average Bonchev–Trinajstić information content (AvgIpc) is 2.33. The van der Waals surface area contributed by atoms with Gasteiger partial charge in [-0.3, -0.25) is 4.90 Å². The summed E-state index contributed by atoms with van der Waals surface area (Å²) in [6.07, 6.45) is 2.62. The van der Waals surface area contributed by atoms with Crippen LogP contribution < -0.4 is 11.1 Å². The summed E-state index contributed by atoms with van der Waals surface area (Å²) >= 11 is 0. The predicted octanol–water partition coefficient (Wildman–Crippen LogP) is -0.354. The fraction of sp³-hybridized carbons (Fsp3) is 1.00. The smallest absolute Gasteiger partial charge is 0.0594 e. The summed E-state index contributed by atoms with van der Waals surface area (Å²) in [5, 5.41) is 3.48. The largest absolute Gasteiger partial charge is 0.379 e. The zero-order valence-corrected chi connectivity index (χ0v) is 9.45. The van der Waals surface area contributed by atoms with Crippen molar-refractivity contribution >= 4 is 0 Å². The molecule has 15 heavy (non-hydrogen) atoms. The maximum absolute atomic E-state index is 5.92. The van der Waals surface area contributed by atoms with Gasteiger partial charge >= 0.3 is 0 Å². The molecule has 2 aliphatic heterocycles. The van der Waals surface area contributed by atoms with Crippen molar-refractivity contribution in [1.82, 2.24) is 10.2 Å². The van der Waals surface area contributed by atoms with Crippen LogP contribution in [0.4, 0.5) is 0 Å². The van der Waals surface area contributed by atoms with Crippen LogP contribution in [0.2, 0.25) is 0 Å².